The highest BCUT2D eigenvalue weighted by Gasteiger charge is 2.16. The first kappa shape index (κ1) is 9.93. The van der Waals surface area contributed by atoms with E-state index in [1.165, 1.54) is 14.1 Å². The Morgan fingerprint density at radius 1 is 1.46 bits per heavy atom. The first-order valence-electron chi connectivity index (χ1n) is 3.42. The van der Waals surface area contributed by atoms with Crippen LogP contribution in [0.5, 0.6) is 0 Å². The summed E-state index contributed by atoms with van der Waals surface area (Å²) in [5.41, 5.74) is 0. The highest BCUT2D eigenvalue weighted by Crippen LogP contribution is 2.05. The summed E-state index contributed by atoms with van der Waals surface area (Å²) in [7, 11) is -0.762. The molecule has 7 nitrogen and oxygen atoms in total. The number of aromatic nitrogens is 2. The molecule has 1 aromatic heterocycles. The molecule has 1 N–H and O–H groups in total. The molecule has 0 saturated carbocycles. The summed E-state index contributed by atoms with van der Waals surface area (Å²) >= 11 is 0. The minimum absolute atomic E-state index is 0.133. The van der Waals surface area contributed by atoms with Gasteiger partial charge in [-0.1, -0.05) is 5.16 Å². The van der Waals surface area contributed by atoms with E-state index < -0.39 is 10.2 Å². The number of hydrogen-bond donors (Lipinski definition) is 1. The average molecular weight is 206 g/mol. The largest absolute Gasteiger partial charge is 0.336 e. The van der Waals surface area contributed by atoms with Gasteiger partial charge in [0.25, 0.3) is 0 Å². The van der Waals surface area contributed by atoms with E-state index >= 15 is 0 Å². The highest BCUT2D eigenvalue weighted by atomic mass is 32.2. The van der Waals surface area contributed by atoms with E-state index in [2.05, 4.69) is 19.4 Å². The van der Waals surface area contributed by atoms with E-state index in [1.807, 2.05) is 0 Å². The van der Waals surface area contributed by atoms with Crippen LogP contribution in [0.15, 0.2) is 4.52 Å². The van der Waals surface area contributed by atoms with Crippen molar-refractivity contribution in [1.29, 1.82) is 0 Å². The van der Waals surface area contributed by atoms with Gasteiger partial charge in [-0.2, -0.15) is 17.7 Å². The van der Waals surface area contributed by atoms with E-state index in [-0.39, 0.29) is 6.01 Å². The lowest BCUT2D eigenvalue weighted by Crippen LogP contribution is -2.29. The molecular weight excluding hydrogens is 196 g/mol. The zero-order valence-electron chi connectivity index (χ0n) is 7.47. The SMILES string of the molecule is Cc1noc(NS(=O)(=O)N(C)C)n1. The number of anilines is 1. The molecule has 0 aromatic carbocycles. The monoisotopic (exact) mass is 206 g/mol. The van der Waals surface area contributed by atoms with Crippen LogP contribution in [-0.4, -0.2) is 37.0 Å². The van der Waals surface area contributed by atoms with E-state index in [0.717, 1.165) is 4.31 Å². The van der Waals surface area contributed by atoms with Crippen LogP contribution in [0.2, 0.25) is 0 Å². The van der Waals surface area contributed by atoms with Gasteiger partial charge in [-0.3, -0.25) is 0 Å². The Bertz CT molecular complexity index is 382. The van der Waals surface area contributed by atoms with Crippen molar-refractivity contribution in [2.24, 2.45) is 0 Å². The van der Waals surface area contributed by atoms with Gasteiger partial charge in [0.2, 0.25) is 0 Å². The van der Waals surface area contributed by atoms with E-state index in [0.29, 0.717) is 5.82 Å². The summed E-state index contributed by atoms with van der Waals surface area (Å²) in [5.74, 6) is 0.372. The molecule has 0 aliphatic heterocycles. The first-order valence-corrected chi connectivity index (χ1v) is 4.86. The van der Waals surface area contributed by atoms with Gasteiger partial charge in [-0.25, -0.2) is 4.72 Å². The Labute approximate surface area is 75.9 Å². The standard InChI is InChI=1S/C5H10N4O3S/c1-4-6-5(12-7-4)8-13(10,11)9(2)3/h1-3H3,(H,6,7,8). The highest BCUT2D eigenvalue weighted by molar-refractivity contribution is 7.90. The molecule has 0 fully saturated rings. The Kier molecular flexibility index (Phi) is 2.52. The van der Waals surface area contributed by atoms with Crippen LogP contribution < -0.4 is 4.72 Å². The molecule has 0 saturated heterocycles. The number of nitrogens with one attached hydrogen (secondary N) is 1. The van der Waals surface area contributed by atoms with Crippen molar-refractivity contribution >= 4 is 16.2 Å². The fraction of sp³-hybridized carbons (Fsp3) is 0.600. The number of rotatable bonds is 3. The second kappa shape index (κ2) is 3.30. The van der Waals surface area contributed by atoms with Crippen LogP contribution in [0, 0.1) is 6.92 Å². The van der Waals surface area contributed by atoms with Gasteiger partial charge in [0, 0.05) is 14.1 Å². The molecule has 0 amide bonds. The normalized spacial score (nSPS) is 12.0. The minimum atomic E-state index is -3.55. The van der Waals surface area contributed by atoms with Crippen LogP contribution in [0.4, 0.5) is 6.01 Å². The van der Waals surface area contributed by atoms with Crippen molar-refractivity contribution in [3.63, 3.8) is 0 Å². The molecule has 8 heteroatoms. The van der Waals surface area contributed by atoms with Crippen molar-refractivity contribution < 1.29 is 12.9 Å². The molecule has 0 bridgehead atoms. The summed E-state index contributed by atoms with van der Waals surface area (Å²) < 4.78 is 30.1. The van der Waals surface area contributed by atoms with Crippen molar-refractivity contribution in [2.75, 3.05) is 18.8 Å². The van der Waals surface area contributed by atoms with E-state index in [4.69, 9.17) is 0 Å². The molecule has 0 radical (unpaired) electrons. The van der Waals surface area contributed by atoms with E-state index in [9.17, 15) is 8.42 Å². The minimum Gasteiger partial charge on any atom is -0.314 e. The van der Waals surface area contributed by atoms with Crippen molar-refractivity contribution in [1.82, 2.24) is 14.4 Å². The van der Waals surface area contributed by atoms with Crippen LogP contribution in [0.3, 0.4) is 0 Å². The fourth-order valence-corrected chi connectivity index (χ4v) is 1.03. The Morgan fingerprint density at radius 3 is 2.46 bits per heavy atom. The summed E-state index contributed by atoms with van der Waals surface area (Å²) in [4.78, 5) is 3.68. The predicted molar refractivity (Wildman–Crippen MR) is 45.3 cm³/mol. The van der Waals surface area contributed by atoms with Gasteiger partial charge in [0.15, 0.2) is 5.82 Å². The van der Waals surface area contributed by atoms with Gasteiger partial charge >= 0.3 is 16.2 Å². The van der Waals surface area contributed by atoms with Gasteiger partial charge in [0.05, 0.1) is 0 Å². The lowest BCUT2D eigenvalue weighted by atomic mass is 10.8. The topological polar surface area (TPSA) is 88.3 Å². The second-order valence-electron chi connectivity index (χ2n) is 2.54. The molecule has 0 spiro atoms. The molecule has 0 unspecified atom stereocenters. The van der Waals surface area contributed by atoms with Crippen molar-refractivity contribution in [3.8, 4) is 0 Å². The number of hydrogen-bond acceptors (Lipinski definition) is 5. The molecule has 13 heavy (non-hydrogen) atoms. The molecule has 1 rings (SSSR count). The fourth-order valence-electron chi connectivity index (χ4n) is 0.540. The van der Waals surface area contributed by atoms with Gasteiger partial charge < -0.3 is 4.52 Å². The quantitative estimate of drug-likeness (QED) is 0.726. The third-order valence-electron chi connectivity index (χ3n) is 1.22. The van der Waals surface area contributed by atoms with Crippen LogP contribution in [0.1, 0.15) is 5.82 Å². The summed E-state index contributed by atoms with van der Waals surface area (Å²) in [5, 5.41) is 3.43. The first-order chi connectivity index (χ1) is 5.92. The summed E-state index contributed by atoms with van der Waals surface area (Å²) in [6.07, 6.45) is 0. The van der Waals surface area contributed by atoms with E-state index in [1.54, 1.807) is 6.92 Å². The third-order valence-corrected chi connectivity index (χ3v) is 2.62. The lowest BCUT2D eigenvalue weighted by Gasteiger charge is -2.09. The van der Waals surface area contributed by atoms with Gasteiger partial charge in [0.1, 0.15) is 0 Å². The molecule has 0 atom stereocenters. The smallest absolute Gasteiger partial charge is 0.314 e. The lowest BCUT2D eigenvalue weighted by molar-refractivity contribution is 0.427. The maximum Gasteiger partial charge on any atom is 0.336 e. The summed E-state index contributed by atoms with van der Waals surface area (Å²) in [6, 6.07) is -0.133. The van der Waals surface area contributed by atoms with Crippen molar-refractivity contribution in [2.45, 2.75) is 6.92 Å². The molecule has 1 heterocycles. The Hall–Kier alpha value is -1.15. The van der Waals surface area contributed by atoms with Crippen LogP contribution in [-0.2, 0) is 10.2 Å². The number of aryl methyl sites for hydroxylation is 1. The second-order valence-corrected chi connectivity index (χ2v) is 4.42. The predicted octanol–water partition coefficient (Wildman–Crippen LogP) is -0.404. The zero-order valence-corrected chi connectivity index (χ0v) is 8.29. The van der Waals surface area contributed by atoms with Crippen LogP contribution >= 0.6 is 0 Å². The Balaban J connectivity index is 2.81. The third kappa shape index (κ3) is 2.39. The average Bonchev–Trinajstić information content (AvgIpc) is 2.34. The Morgan fingerprint density at radius 2 is 2.08 bits per heavy atom. The van der Waals surface area contributed by atoms with Crippen LogP contribution in [0.25, 0.3) is 0 Å². The number of nitrogens with zero attached hydrogens (tertiary/aromatic N) is 3. The van der Waals surface area contributed by atoms with Gasteiger partial charge in [-0.15, -0.1) is 0 Å². The maximum atomic E-state index is 11.2. The molecule has 0 aliphatic rings. The molecule has 1 aromatic rings. The molecule has 74 valence electrons. The zero-order chi connectivity index (χ0) is 10.1. The summed E-state index contributed by atoms with van der Waals surface area (Å²) in [6.45, 7) is 1.59. The van der Waals surface area contributed by atoms with Crippen molar-refractivity contribution in [3.05, 3.63) is 5.82 Å². The maximum absolute atomic E-state index is 11.2. The molecular formula is C5H10N4O3S. The molecule has 0 aliphatic carbocycles. The van der Waals surface area contributed by atoms with Gasteiger partial charge in [-0.05, 0) is 6.92 Å².